The molecule has 2 amide bonds. The first-order valence-electron chi connectivity index (χ1n) is 11.7. The van der Waals surface area contributed by atoms with Gasteiger partial charge in [0, 0.05) is 24.1 Å². The van der Waals surface area contributed by atoms with Crippen molar-refractivity contribution < 1.29 is 14.4 Å². The molecule has 0 aliphatic rings. The maximum absolute atomic E-state index is 13.6. The number of carbonyl (C=O) groups excluding carboxylic acids is 3. The van der Waals surface area contributed by atoms with Gasteiger partial charge >= 0.3 is 0 Å². The standard InChI is InChI=1S/C27H43N3O3/c1-18(2)21(16-19(3)17-31)30(10)25(33)23(26(4,5)6)29-24(32)22(28-9)27(7,8)20-14-12-11-13-15-20/h11-19,22-23,28H,1-10H3,(H,29,32)/t19?,22-,23-/m1/s1. The minimum Gasteiger partial charge on any atom is -0.342 e. The van der Waals surface area contributed by atoms with Crippen LogP contribution >= 0.6 is 0 Å². The number of nitrogens with one attached hydrogen (secondary N) is 2. The summed E-state index contributed by atoms with van der Waals surface area (Å²) >= 11 is 0. The van der Waals surface area contributed by atoms with Crippen molar-refractivity contribution in [2.45, 2.75) is 72.9 Å². The molecule has 3 atom stereocenters. The van der Waals surface area contributed by atoms with Gasteiger partial charge in [-0.25, -0.2) is 0 Å². The van der Waals surface area contributed by atoms with Gasteiger partial charge < -0.3 is 20.3 Å². The van der Waals surface area contributed by atoms with Gasteiger partial charge in [-0.15, -0.1) is 0 Å². The summed E-state index contributed by atoms with van der Waals surface area (Å²) in [4.78, 5) is 39.9. The number of hydrogen-bond acceptors (Lipinski definition) is 4. The number of benzene rings is 1. The van der Waals surface area contributed by atoms with Crippen LogP contribution in [-0.2, 0) is 19.8 Å². The molecule has 33 heavy (non-hydrogen) atoms. The van der Waals surface area contributed by atoms with Crippen LogP contribution < -0.4 is 10.6 Å². The Balaban J connectivity index is 3.28. The predicted octanol–water partition coefficient (Wildman–Crippen LogP) is 3.92. The molecule has 0 aromatic heterocycles. The molecule has 0 saturated carbocycles. The molecule has 6 heteroatoms. The van der Waals surface area contributed by atoms with Crippen LogP contribution in [0.3, 0.4) is 0 Å². The Morgan fingerprint density at radius 2 is 1.52 bits per heavy atom. The van der Waals surface area contributed by atoms with E-state index in [9.17, 15) is 14.4 Å². The second-order valence-electron chi connectivity index (χ2n) is 10.8. The molecule has 2 N–H and O–H groups in total. The van der Waals surface area contributed by atoms with Crippen molar-refractivity contribution in [3.05, 3.63) is 47.7 Å². The van der Waals surface area contributed by atoms with E-state index in [1.54, 1.807) is 25.9 Å². The third-order valence-electron chi connectivity index (χ3n) is 6.15. The smallest absolute Gasteiger partial charge is 0.249 e. The van der Waals surface area contributed by atoms with Gasteiger partial charge in [0.1, 0.15) is 12.3 Å². The number of allylic oxidation sites excluding steroid dienone is 2. The summed E-state index contributed by atoms with van der Waals surface area (Å²) in [6.07, 6.45) is 2.67. The summed E-state index contributed by atoms with van der Waals surface area (Å²) in [5.74, 6) is -0.703. The van der Waals surface area contributed by atoms with Gasteiger partial charge in [-0.1, -0.05) is 91.8 Å². The highest BCUT2D eigenvalue weighted by Crippen LogP contribution is 2.29. The Morgan fingerprint density at radius 1 is 0.970 bits per heavy atom. The van der Waals surface area contributed by atoms with E-state index in [2.05, 4.69) is 10.6 Å². The molecule has 1 aromatic carbocycles. The number of nitrogens with zero attached hydrogens (tertiary/aromatic N) is 1. The zero-order chi connectivity index (χ0) is 25.6. The fourth-order valence-corrected chi connectivity index (χ4v) is 4.05. The van der Waals surface area contributed by atoms with Crippen LogP contribution in [0.15, 0.2) is 42.1 Å². The van der Waals surface area contributed by atoms with Crippen molar-refractivity contribution >= 4 is 18.1 Å². The van der Waals surface area contributed by atoms with E-state index in [0.717, 1.165) is 17.5 Å². The highest BCUT2D eigenvalue weighted by molar-refractivity contribution is 5.91. The monoisotopic (exact) mass is 457 g/mol. The summed E-state index contributed by atoms with van der Waals surface area (Å²) in [6, 6.07) is 8.58. The number of carbonyl (C=O) groups is 3. The summed E-state index contributed by atoms with van der Waals surface area (Å²) in [6.45, 7) is 15.6. The Kier molecular flexibility index (Phi) is 10.0. The maximum atomic E-state index is 13.6. The van der Waals surface area contributed by atoms with Crippen molar-refractivity contribution in [3.8, 4) is 0 Å². The average Bonchev–Trinajstić information content (AvgIpc) is 2.74. The number of amides is 2. The van der Waals surface area contributed by atoms with Gasteiger partial charge in [-0.3, -0.25) is 9.59 Å². The van der Waals surface area contributed by atoms with Crippen LogP contribution in [0.5, 0.6) is 0 Å². The maximum Gasteiger partial charge on any atom is 0.249 e. The molecule has 0 bridgehead atoms. The second kappa shape index (κ2) is 11.6. The van der Waals surface area contributed by atoms with Gasteiger partial charge in [-0.05, 0) is 23.9 Å². The fourth-order valence-electron chi connectivity index (χ4n) is 4.05. The van der Waals surface area contributed by atoms with Crippen LogP contribution in [0.4, 0.5) is 0 Å². The van der Waals surface area contributed by atoms with Crippen LogP contribution in [0.2, 0.25) is 0 Å². The molecule has 0 aliphatic carbocycles. The van der Waals surface area contributed by atoms with Crippen LogP contribution in [0, 0.1) is 17.3 Å². The van der Waals surface area contributed by atoms with Gasteiger partial charge in [0.25, 0.3) is 0 Å². The van der Waals surface area contributed by atoms with Crippen molar-refractivity contribution in [3.63, 3.8) is 0 Å². The quantitative estimate of drug-likeness (QED) is 0.522. The minimum absolute atomic E-state index is 0.0414. The molecule has 0 saturated heterocycles. The molecule has 0 radical (unpaired) electrons. The molecule has 0 fully saturated rings. The topological polar surface area (TPSA) is 78.5 Å². The van der Waals surface area contributed by atoms with Crippen LogP contribution in [0.1, 0.15) is 61.0 Å². The van der Waals surface area contributed by atoms with Crippen molar-refractivity contribution in [2.24, 2.45) is 17.3 Å². The molecule has 184 valence electrons. The highest BCUT2D eigenvalue weighted by Gasteiger charge is 2.41. The lowest BCUT2D eigenvalue weighted by molar-refractivity contribution is -0.138. The Bertz CT molecular complexity index is 838. The van der Waals surface area contributed by atoms with E-state index >= 15 is 0 Å². The Hall–Kier alpha value is -2.47. The molecule has 0 aliphatic heterocycles. The van der Waals surface area contributed by atoms with Gasteiger partial charge in [0.05, 0.1) is 6.04 Å². The predicted molar refractivity (Wildman–Crippen MR) is 135 cm³/mol. The molecular weight excluding hydrogens is 414 g/mol. The first-order chi connectivity index (χ1) is 15.2. The van der Waals surface area contributed by atoms with E-state index in [-0.39, 0.29) is 23.7 Å². The second-order valence-corrected chi connectivity index (χ2v) is 10.8. The van der Waals surface area contributed by atoms with Gasteiger partial charge in [0.2, 0.25) is 11.8 Å². The summed E-state index contributed by atoms with van der Waals surface area (Å²) < 4.78 is 0. The molecular formula is C27H43N3O3. The fraction of sp³-hybridized carbons (Fsp3) is 0.593. The first-order valence-corrected chi connectivity index (χ1v) is 11.7. The SMILES string of the molecule is CN[C@H](C(=O)N[C@H](C(=O)N(C)C(=CC(C)C=O)C(C)C)C(C)(C)C)C(C)(C)c1ccccc1. The van der Waals surface area contributed by atoms with Crippen molar-refractivity contribution in [2.75, 3.05) is 14.1 Å². The molecule has 0 heterocycles. The Labute approximate surface area is 200 Å². The summed E-state index contributed by atoms with van der Waals surface area (Å²) in [5.41, 5.74) is 0.773. The summed E-state index contributed by atoms with van der Waals surface area (Å²) in [5, 5.41) is 6.19. The van der Waals surface area contributed by atoms with E-state index in [4.69, 9.17) is 0 Å². The zero-order valence-corrected chi connectivity index (χ0v) is 22.0. The van der Waals surface area contributed by atoms with E-state index < -0.39 is 22.9 Å². The van der Waals surface area contributed by atoms with Crippen LogP contribution in [-0.4, -0.2) is 49.2 Å². The highest BCUT2D eigenvalue weighted by atomic mass is 16.2. The number of rotatable bonds is 10. The summed E-state index contributed by atoms with van der Waals surface area (Å²) in [7, 11) is 3.47. The van der Waals surface area contributed by atoms with E-state index in [1.807, 2.05) is 84.9 Å². The lowest BCUT2D eigenvalue weighted by atomic mass is 9.76. The largest absolute Gasteiger partial charge is 0.342 e. The molecule has 6 nitrogen and oxygen atoms in total. The molecule has 1 aromatic rings. The molecule has 0 spiro atoms. The third kappa shape index (κ3) is 7.26. The number of aldehydes is 1. The lowest BCUT2D eigenvalue weighted by Crippen LogP contribution is -2.60. The lowest BCUT2D eigenvalue weighted by Gasteiger charge is -2.38. The van der Waals surface area contributed by atoms with E-state index in [0.29, 0.717) is 0 Å². The normalized spacial score (nSPS) is 15.5. The first kappa shape index (κ1) is 28.6. The van der Waals surface area contributed by atoms with Crippen molar-refractivity contribution in [1.82, 2.24) is 15.5 Å². The van der Waals surface area contributed by atoms with Gasteiger partial charge in [-0.2, -0.15) is 0 Å². The van der Waals surface area contributed by atoms with Crippen molar-refractivity contribution in [1.29, 1.82) is 0 Å². The average molecular weight is 458 g/mol. The zero-order valence-electron chi connectivity index (χ0n) is 22.0. The van der Waals surface area contributed by atoms with E-state index in [1.165, 1.54) is 0 Å². The molecule has 1 unspecified atom stereocenters. The Morgan fingerprint density at radius 3 is 1.94 bits per heavy atom. The minimum atomic E-state index is -0.744. The number of hydrogen-bond donors (Lipinski definition) is 2. The van der Waals surface area contributed by atoms with Gasteiger partial charge in [0.15, 0.2) is 0 Å². The number of likely N-dealkylation sites (N-methyl/N-ethyl adjacent to an activating group) is 2. The molecule has 1 rings (SSSR count). The van der Waals surface area contributed by atoms with Crippen LogP contribution in [0.25, 0.3) is 0 Å². The third-order valence-corrected chi connectivity index (χ3v) is 6.15.